The van der Waals surface area contributed by atoms with Crippen molar-refractivity contribution in [3.05, 3.63) is 64.5 Å². The van der Waals surface area contributed by atoms with Gasteiger partial charge in [-0.25, -0.2) is 9.97 Å². The number of halogens is 1. The zero-order valence-corrected chi connectivity index (χ0v) is 16.5. The van der Waals surface area contributed by atoms with Crippen LogP contribution >= 0.6 is 15.9 Å². The first kappa shape index (κ1) is 17.0. The molecule has 0 radical (unpaired) electrons. The van der Waals surface area contributed by atoms with E-state index in [-0.39, 0.29) is 11.9 Å². The highest BCUT2D eigenvalue weighted by Crippen LogP contribution is 2.37. The molecule has 140 valence electrons. The number of likely N-dealkylation sites (N-methyl/N-ethyl adjacent to an activating group) is 1. The van der Waals surface area contributed by atoms with Gasteiger partial charge in [-0.3, -0.25) is 9.20 Å². The third-order valence-corrected chi connectivity index (χ3v) is 5.64. The Morgan fingerprint density at radius 1 is 1.29 bits per heavy atom. The predicted octanol–water partition coefficient (Wildman–Crippen LogP) is 3.43. The second-order valence-electron chi connectivity index (χ2n) is 6.77. The number of nitrogens with two attached hydrogens (primary N) is 1. The van der Waals surface area contributed by atoms with Crippen molar-refractivity contribution in [2.45, 2.75) is 6.04 Å². The van der Waals surface area contributed by atoms with Crippen LogP contribution in [0.3, 0.4) is 0 Å². The van der Waals surface area contributed by atoms with Crippen molar-refractivity contribution in [1.29, 1.82) is 0 Å². The molecule has 7 nitrogen and oxygen atoms in total. The van der Waals surface area contributed by atoms with E-state index in [1.165, 1.54) is 0 Å². The molecule has 0 saturated carbocycles. The van der Waals surface area contributed by atoms with Gasteiger partial charge < -0.3 is 15.4 Å². The van der Waals surface area contributed by atoms with Crippen LogP contribution in [0.15, 0.2) is 53.4 Å². The molecular formula is C20H16BrN5O2. The number of hydrogen-bond acceptors (Lipinski definition) is 5. The van der Waals surface area contributed by atoms with E-state index in [4.69, 9.17) is 10.5 Å². The van der Waals surface area contributed by atoms with Crippen molar-refractivity contribution < 1.29 is 9.53 Å². The minimum absolute atomic E-state index is 0.0867. The van der Waals surface area contributed by atoms with E-state index in [2.05, 4.69) is 25.9 Å². The zero-order chi connectivity index (χ0) is 19.4. The topological polar surface area (TPSA) is 85.8 Å². The maximum Gasteiger partial charge on any atom is 0.254 e. The molecule has 0 bridgehead atoms. The second kappa shape index (κ2) is 6.20. The average molecular weight is 438 g/mol. The number of amides is 1. The first-order valence-electron chi connectivity index (χ1n) is 8.73. The van der Waals surface area contributed by atoms with Crippen molar-refractivity contribution in [3.63, 3.8) is 0 Å². The monoisotopic (exact) mass is 437 g/mol. The van der Waals surface area contributed by atoms with E-state index < -0.39 is 0 Å². The summed E-state index contributed by atoms with van der Waals surface area (Å²) in [5, 5.41) is 0. The quantitative estimate of drug-likeness (QED) is 0.519. The third kappa shape index (κ3) is 2.52. The van der Waals surface area contributed by atoms with E-state index in [0.717, 1.165) is 21.3 Å². The molecule has 1 atom stereocenters. The molecule has 1 aliphatic rings. The van der Waals surface area contributed by atoms with Gasteiger partial charge in [0.1, 0.15) is 23.7 Å². The van der Waals surface area contributed by atoms with Crippen LogP contribution in [0, 0.1) is 0 Å². The first-order chi connectivity index (χ1) is 13.5. The molecule has 0 aliphatic carbocycles. The number of rotatable bonds is 2. The van der Waals surface area contributed by atoms with Crippen LogP contribution in [0.2, 0.25) is 0 Å². The zero-order valence-electron chi connectivity index (χ0n) is 15.0. The number of anilines is 1. The Labute approximate surface area is 168 Å². The number of hydrogen-bond donors (Lipinski definition) is 1. The summed E-state index contributed by atoms with van der Waals surface area (Å²) in [5.74, 6) is 1.13. The van der Waals surface area contributed by atoms with Gasteiger partial charge in [-0.1, -0.05) is 22.0 Å². The Morgan fingerprint density at radius 3 is 3.00 bits per heavy atom. The summed E-state index contributed by atoms with van der Waals surface area (Å²) in [6.45, 7) is 0.436. The molecule has 3 heterocycles. The largest absolute Gasteiger partial charge is 0.491 e. The van der Waals surface area contributed by atoms with Gasteiger partial charge in [0.05, 0.1) is 29.6 Å². The van der Waals surface area contributed by atoms with Gasteiger partial charge in [-0.15, -0.1) is 0 Å². The van der Waals surface area contributed by atoms with Gasteiger partial charge in [0.2, 0.25) is 0 Å². The third-order valence-electron chi connectivity index (χ3n) is 5.14. The molecule has 0 saturated heterocycles. The molecule has 5 rings (SSSR count). The summed E-state index contributed by atoms with van der Waals surface area (Å²) >= 11 is 3.45. The van der Waals surface area contributed by atoms with E-state index in [1.807, 2.05) is 34.7 Å². The Bertz CT molecular complexity index is 1250. The minimum Gasteiger partial charge on any atom is -0.491 e. The maximum atomic E-state index is 13.2. The SMILES string of the molecule is CN(C(=O)c1ccc2nc(N)c3cncn3c2c1)C1COc2cc(Br)ccc21. The van der Waals surface area contributed by atoms with Crippen LogP contribution in [0.25, 0.3) is 16.6 Å². The molecule has 0 fully saturated rings. The van der Waals surface area contributed by atoms with Gasteiger partial charge in [0, 0.05) is 22.6 Å². The number of nitrogens with zero attached hydrogens (tertiary/aromatic N) is 4. The van der Waals surface area contributed by atoms with Crippen LogP contribution in [-0.2, 0) is 0 Å². The standard InChI is InChI=1S/C20H16BrN5O2/c1-25(17-9-28-18-7-12(21)3-4-13(17)18)20(27)11-2-5-14-15(6-11)26-10-23-8-16(26)19(22)24-14/h2-8,10,17H,9H2,1H3,(H2,22,24). The molecule has 28 heavy (non-hydrogen) atoms. The van der Waals surface area contributed by atoms with Crippen molar-refractivity contribution in [1.82, 2.24) is 19.3 Å². The Morgan fingerprint density at radius 2 is 2.14 bits per heavy atom. The lowest BCUT2D eigenvalue weighted by Crippen LogP contribution is -2.32. The van der Waals surface area contributed by atoms with Gasteiger partial charge in [0.25, 0.3) is 5.91 Å². The van der Waals surface area contributed by atoms with Gasteiger partial charge in [-0.2, -0.15) is 0 Å². The highest BCUT2D eigenvalue weighted by molar-refractivity contribution is 9.10. The van der Waals surface area contributed by atoms with Crippen LogP contribution in [0.4, 0.5) is 5.82 Å². The summed E-state index contributed by atoms with van der Waals surface area (Å²) in [6, 6.07) is 11.1. The molecule has 2 aromatic heterocycles. The van der Waals surface area contributed by atoms with Crippen molar-refractivity contribution >= 4 is 44.2 Å². The number of carbonyl (C=O) groups excluding carboxylic acids is 1. The number of nitrogen functional groups attached to an aromatic ring is 1. The van der Waals surface area contributed by atoms with Crippen LogP contribution in [0.5, 0.6) is 5.75 Å². The molecule has 1 amide bonds. The first-order valence-corrected chi connectivity index (χ1v) is 9.53. The summed E-state index contributed by atoms with van der Waals surface area (Å²) < 4.78 is 8.57. The van der Waals surface area contributed by atoms with E-state index in [1.54, 1.807) is 30.5 Å². The van der Waals surface area contributed by atoms with Crippen LogP contribution in [0.1, 0.15) is 22.0 Å². The average Bonchev–Trinajstić information content (AvgIpc) is 3.34. The molecule has 1 unspecified atom stereocenters. The Kier molecular flexibility index (Phi) is 3.77. The Balaban J connectivity index is 1.54. The van der Waals surface area contributed by atoms with E-state index in [0.29, 0.717) is 29.0 Å². The molecular weight excluding hydrogens is 422 g/mol. The van der Waals surface area contributed by atoms with Gasteiger partial charge in [-0.05, 0) is 30.3 Å². The molecule has 2 aromatic carbocycles. The van der Waals surface area contributed by atoms with Gasteiger partial charge in [0.15, 0.2) is 0 Å². The minimum atomic E-state index is -0.135. The van der Waals surface area contributed by atoms with Crippen molar-refractivity contribution in [2.75, 3.05) is 19.4 Å². The van der Waals surface area contributed by atoms with Crippen molar-refractivity contribution in [2.24, 2.45) is 0 Å². The lowest BCUT2D eigenvalue weighted by atomic mass is 10.1. The predicted molar refractivity (Wildman–Crippen MR) is 109 cm³/mol. The fourth-order valence-corrected chi connectivity index (χ4v) is 3.98. The number of fused-ring (bicyclic) bond motifs is 4. The normalized spacial score (nSPS) is 15.6. The maximum absolute atomic E-state index is 13.2. The summed E-state index contributed by atoms with van der Waals surface area (Å²) in [5.41, 5.74) is 9.78. The second-order valence-corrected chi connectivity index (χ2v) is 7.69. The smallest absolute Gasteiger partial charge is 0.254 e. The molecule has 8 heteroatoms. The molecule has 2 N–H and O–H groups in total. The summed E-state index contributed by atoms with van der Waals surface area (Å²) in [6.07, 6.45) is 3.33. The number of carbonyl (C=O) groups is 1. The Hall–Kier alpha value is -3.13. The lowest BCUT2D eigenvalue weighted by Gasteiger charge is -2.24. The fraction of sp³-hybridized carbons (Fsp3) is 0.150. The highest BCUT2D eigenvalue weighted by Gasteiger charge is 2.31. The van der Waals surface area contributed by atoms with Crippen LogP contribution < -0.4 is 10.5 Å². The molecule has 4 aromatic rings. The number of aromatic nitrogens is 3. The van der Waals surface area contributed by atoms with Crippen molar-refractivity contribution in [3.8, 4) is 5.75 Å². The fourth-order valence-electron chi connectivity index (χ4n) is 3.64. The van der Waals surface area contributed by atoms with Crippen LogP contribution in [-0.4, -0.2) is 38.8 Å². The van der Waals surface area contributed by atoms with Gasteiger partial charge >= 0.3 is 0 Å². The molecule has 0 spiro atoms. The lowest BCUT2D eigenvalue weighted by molar-refractivity contribution is 0.0708. The van der Waals surface area contributed by atoms with E-state index >= 15 is 0 Å². The number of imidazole rings is 1. The highest BCUT2D eigenvalue weighted by atomic mass is 79.9. The summed E-state index contributed by atoms with van der Waals surface area (Å²) in [7, 11) is 1.80. The number of ether oxygens (including phenoxy) is 1. The number of benzene rings is 2. The van der Waals surface area contributed by atoms with E-state index in [9.17, 15) is 4.79 Å². The summed E-state index contributed by atoms with van der Waals surface area (Å²) in [4.78, 5) is 23.5. The molecule has 1 aliphatic heterocycles.